The number of aromatic nitrogens is 4. The molecule has 3 heterocycles. The molecule has 0 amide bonds. The molecule has 0 atom stereocenters. The van der Waals surface area contributed by atoms with E-state index in [4.69, 9.17) is 4.98 Å². The van der Waals surface area contributed by atoms with Crippen molar-refractivity contribution in [3.05, 3.63) is 35.8 Å². The van der Waals surface area contributed by atoms with E-state index in [9.17, 15) is 0 Å². The Morgan fingerprint density at radius 3 is 2.33 bits per heavy atom. The van der Waals surface area contributed by atoms with Crippen LogP contribution in [0, 0.1) is 0 Å². The second-order valence-corrected chi connectivity index (χ2v) is 7.79. The van der Waals surface area contributed by atoms with Crippen molar-refractivity contribution in [3.63, 3.8) is 0 Å². The molecule has 0 bridgehead atoms. The zero-order valence-corrected chi connectivity index (χ0v) is 13.7. The molecule has 0 saturated carbocycles. The van der Waals surface area contributed by atoms with Crippen molar-refractivity contribution in [2.45, 2.75) is 38.5 Å². The minimum Gasteiger partial charge on any atom is -0.253 e. The Bertz CT molecular complexity index is 653. The van der Waals surface area contributed by atoms with E-state index in [-0.39, 0.29) is 10.8 Å². The molecule has 5 heteroatoms. The summed E-state index contributed by atoms with van der Waals surface area (Å²) in [5, 5.41) is 8.87. The van der Waals surface area contributed by atoms with Gasteiger partial charge in [-0.15, -0.1) is 5.10 Å². The highest BCUT2D eigenvalue weighted by molar-refractivity contribution is 7.99. The highest BCUT2D eigenvalue weighted by Gasteiger charge is 2.38. The molecule has 0 spiro atoms. The topological polar surface area (TPSA) is 51.6 Å². The molecular weight excluding hydrogens is 280 g/mol. The van der Waals surface area contributed by atoms with Gasteiger partial charge in [0.25, 0.3) is 0 Å². The van der Waals surface area contributed by atoms with Gasteiger partial charge in [-0.3, -0.25) is 4.98 Å². The summed E-state index contributed by atoms with van der Waals surface area (Å²) in [6, 6.07) is 5.76. The van der Waals surface area contributed by atoms with Gasteiger partial charge in [0, 0.05) is 28.5 Å². The number of nitrogens with zero attached hydrogens (tertiary/aromatic N) is 4. The largest absolute Gasteiger partial charge is 0.253 e. The van der Waals surface area contributed by atoms with E-state index in [0.29, 0.717) is 5.82 Å². The van der Waals surface area contributed by atoms with Gasteiger partial charge in [-0.1, -0.05) is 33.8 Å². The molecule has 21 heavy (non-hydrogen) atoms. The van der Waals surface area contributed by atoms with Gasteiger partial charge in [0.1, 0.15) is 5.69 Å². The van der Waals surface area contributed by atoms with E-state index in [1.807, 2.05) is 30.0 Å². The molecule has 1 aliphatic heterocycles. The van der Waals surface area contributed by atoms with E-state index < -0.39 is 0 Å². The lowest BCUT2D eigenvalue weighted by molar-refractivity contribution is 0.513. The molecule has 0 aliphatic carbocycles. The molecule has 0 fully saturated rings. The monoisotopic (exact) mass is 300 g/mol. The summed E-state index contributed by atoms with van der Waals surface area (Å²) in [6.07, 6.45) is 1.76. The maximum atomic E-state index is 4.84. The van der Waals surface area contributed by atoms with E-state index in [1.165, 1.54) is 0 Å². The predicted molar refractivity (Wildman–Crippen MR) is 86.4 cm³/mol. The fourth-order valence-corrected chi connectivity index (χ4v) is 3.95. The number of hydrogen-bond acceptors (Lipinski definition) is 5. The normalized spacial score (nSPS) is 19.6. The molecule has 3 rings (SSSR count). The van der Waals surface area contributed by atoms with Crippen molar-refractivity contribution in [2.75, 3.05) is 11.5 Å². The van der Waals surface area contributed by atoms with Crippen LogP contribution in [0.3, 0.4) is 0 Å². The lowest BCUT2D eigenvalue weighted by atomic mass is 9.82. The van der Waals surface area contributed by atoms with Gasteiger partial charge in [0.2, 0.25) is 5.82 Å². The highest BCUT2D eigenvalue weighted by Crippen LogP contribution is 2.40. The third-order valence-electron chi connectivity index (χ3n) is 3.79. The number of hydrogen-bond donors (Lipinski definition) is 0. The minimum atomic E-state index is -0.00671. The van der Waals surface area contributed by atoms with Crippen molar-refractivity contribution in [3.8, 4) is 11.5 Å². The first-order chi connectivity index (χ1) is 9.90. The van der Waals surface area contributed by atoms with Crippen molar-refractivity contribution in [1.82, 2.24) is 20.2 Å². The zero-order valence-electron chi connectivity index (χ0n) is 12.9. The van der Waals surface area contributed by atoms with E-state index in [1.54, 1.807) is 6.20 Å². The minimum absolute atomic E-state index is 0.00356. The first-order valence-corrected chi connectivity index (χ1v) is 8.30. The van der Waals surface area contributed by atoms with Crippen LogP contribution in [0.4, 0.5) is 0 Å². The number of thioether (sulfide) groups is 1. The Kier molecular flexibility index (Phi) is 3.48. The third-order valence-corrected chi connectivity index (χ3v) is 5.64. The molecule has 4 nitrogen and oxygen atoms in total. The first kappa shape index (κ1) is 14.4. The standard InChI is InChI=1S/C16H20N4S/c1-15(2)9-21-10-16(3,4)13-12(15)18-14(20-19-13)11-7-5-6-8-17-11/h5-8H,9-10H2,1-4H3. The number of rotatable bonds is 1. The molecule has 0 saturated heterocycles. The number of pyridine rings is 1. The molecule has 0 unspecified atom stereocenters. The van der Waals surface area contributed by atoms with Gasteiger partial charge < -0.3 is 0 Å². The first-order valence-electron chi connectivity index (χ1n) is 7.15. The van der Waals surface area contributed by atoms with Crippen LogP contribution in [0.5, 0.6) is 0 Å². The molecule has 0 aromatic carbocycles. The van der Waals surface area contributed by atoms with Gasteiger partial charge in [-0.2, -0.15) is 16.9 Å². The average molecular weight is 300 g/mol. The molecule has 110 valence electrons. The van der Waals surface area contributed by atoms with Crippen molar-refractivity contribution in [2.24, 2.45) is 0 Å². The summed E-state index contributed by atoms with van der Waals surface area (Å²) in [5.41, 5.74) is 2.85. The molecular formula is C16H20N4S. The van der Waals surface area contributed by atoms with Crippen LogP contribution >= 0.6 is 11.8 Å². The zero-order chi connectivity index (χ0) is 15.1. The van der Waals surface area contributed by atoms with Gasteiger partial charge in [-0.25, -0.2) is 4.98 Å². The summed E-state index contributed by atoms with van der Waals surface area (Å²) in [5.74, 6) is 2.71. The van der Waals surface area contributed by atoms with Crippen molar-refractivity contribution >= 4 is 11.8 Å². The fourth-order valence-electron chi connectivity index (χ4n) is 2.56. The average Bonchev–Trinajstić information content (AvgIpc) is 2.55. The number of fused-ring (bicyclic) bond motifs is 1. The van der Waals surface area contributed by atoms with E-state index in [2.05, 4.69) is 42.9 Å². The van der Waals surface area contributed by atoms with Crippen LogP contribution in [0.1, 0.15) is 39.1 Å². The quantitative estimate of drug-likeness (QED) is 0.809. The lowest BCUT2D eigenvalue weighted by Crippen LogP contribution is -2.29. The maximum Gasteiger partial charge on any atom is 0.200 e. The molecule has 1 aliphatic rings. The summed E-state index contributed by atoms with van der Waals surface area (Å²) < 4.78 is 0. The van der Waals surface area contributed by atoms with Crippen LogP contribution in [0.2, 0.25) is 0 Å². The van der Waals surface area contributed by atoms with Gasteiger partial charge in [0.15, 0.2) is 0 Å². The lowest BCUT2D eigenvalue weighted by Gasteiger charge is -2.26. The Hall–Kier alpha value is -1.49. The van der Waals surface area contributed by atoms with Crippen molar-refractivity contribution in [1.29, 1.82) is 0 Å². The third kappa shape index (κ3) is 2.67. The van der Waals surface area contributed by atoms with E-state index in [0.717, 1.165) is 28.6 Å². The Labute approximate surface area is 129 Å². The second-order valence-electron chi connectivity index (χ2n) is 6.81. The molecule has 0 N–H and O–H groups in total. The van der Waals surface area contributed by atoms with Crippen molar-refractivity contribution < 1.29 is 0 Å². The SMILES string of the molecule is CC1(C)CSCC(C)(C)c2nc(-c3ccccn3)nnc21. The van der Waals surface area contributed by atoms with Crippen LogP contribution < -0.4 is 0 Å². The predicted octanol–water partition coefficient (Wildman–Crippen LogP) is 3.24. The molecule has 2 aromatic rings. The Morgan fingerprint density at radius 1 is 0.952 bits per heavy atom. The molecule has 2 aromatic heterocycles. The summed E-state index contributed by atoms with van der Waals surface area (Å²) in [7, 11) is 0. The Morgan fingerprint density at radius 2 is 1.67 bits per heavy atom. The van der Waals surface area contributed by atoms with Gasteiger partial charge >= 0.3 is 0 Å². The summed E-state index contributed by atoms with van der Waals surface area (Å²) in [6.45, 7) is 8.91. The van der Waals surface area contributed by atoms with Crippen LogP contribution in [0.25, 0.3) is 11.5 Å². The summed E-state index contributed by atoms with van der Waals surface area (Å²) in [4.78, 5) is 9.18. The van der Waals surface area contributed by atoms with Gasteiger partial charge in [-0.05, 0) is 12.1 Å². The van der Waals surface area contributed by atoms with E-state index >= 15 is 0 Å². The van der Waals surface area contributed by atoms with Crippen LogP contribution in [-0.4, -0.2) is 31.7 Å². The fraction of sp³-hybridized carbons (Fsp3) is 0.500. The van der Waals surface area contributed by atoms with Gasteiger partial charge in [0.05, 0.1) is 11.4 Å². The highest BCUT2D eigenvalue weighted by atomic mass is 32.2. The summed E-state index contributed by atoms with van der Waals surface area (Å²) >= 11 is 1.96. The second kappa shape index (κ2) is 5.05. The molecule has 0 radical (unpaired) electrons. The Balaban J connectivity index is 2.18. The maximum absolute atomic E-state index is 4.84. The van der Waals surface area contributed by atoms with Crippen LogP contribution in [0.15, 0.2) is 24.4 Å². The smallest absolute Gasteiger partial charge is 0.200 e. The van der Waals surface area contributed by atoms with Crippen LogP contribution in [-0.2, 0) is 10.8 Å².